The van der Waals surface area contributed by atoms with Gasteiger partial charge >= 0.3 is 0 Å². The molecule has 1 atom stereocenters. The summed E-state index contributed by atoms with van der Waals surface area (Å²) in [5.74, 6) is 0.589. The zero-order valence-electron chi connectivity index (χ0n) is 17.3. The minimum atomic E-state index is -0.213. The van der Waals surface area contributed by atoms with Gasteiger partial charge in [0.1, 0.15) is 11.5 Å². The molecule has 2 aromatic heterocycles. The van der Waals surface area contributed by atoms with Gasteiger partial charge in [-0.3, -0.25) is 19.8 Å². The highest BCUT2D eigenvalue weighted by atomic mass is 32.2. The summed E-state index contributed by atoms with van der Waals surface area (Å²) in [6.45, 7) is 1.92. The van der Waals surface area contributed by atoms with Gasteiger partial charge in [-0.1, -0.05) is 18.2 Å². The summed E-state index contributed by atoms with van der Waals surface area (Å²) >= 11 is 1.64. The number of amides is 1. The number of rotatable bonds is 5. The highest BCUT2D eigenvalue weighted by Crippen LogP contribution is 2.29. The highest BCUT2D eigenvalue weighted by molar-refractivity contribution is 8.00. The average molecular weight is 448 g/mol. The number of aromatic nitrogens is 3. The number of benzene rings is 2. The number of carbonyl (C=O) groups excluding carboxylic acids is 1. The second-order valence-corrected chi connectivity index (χ2v) is 9.05. The van der Waals surface area contributed by atoms with Crippen LogP contribution >= 0.6 is 11.8 Å². The molecule has 3 heterocycles. The average Bonchev–Trinajstić information content (AvgIpc) is 3.25. The number of thioether (sulfide) groups is 1. The molecule has 1 amide bonds. The first-order valence-electron chi connectivity index (χ1n) is 10.4. The number of fused-ring (bicyclic) bond motifs is 1. The van der Waals surface area contributed by atoms with Gasteiger partial charge in [-0.2, -0.15) is 5.10 Å². The van der Waals surface area contributed by atoms with Gasteiger partial charge in [0, 0.05) is 60.0 Å². The van der Waals surface area contributed by atoms with Crippen molar-refractivity contribution < 1.29 is 9.18 Å². The summed E-state index contributed by atoms with van der Waals surface area (Å²) in [4.78, 5) is 19.2. The molecule has 32 heavy (non-hydrogen) atoms. The van der Waals surface area contributed by atoms with E-state index in [0.717, 1.165) is 40.1 Å². The number of aromatic amines is 1. The molecule has 2 N–H and O–H groups in total. The van der Waals surface area contributed by atoms with Crippen LogP contribution < -0.4 is 5.32 Å². The molecule has 1 aliphatic rings. The standard InChI is InChI=1S/C24H22FN5OS/c25-20-4-2-1-3-17(20)14-30-11-12-32-22(15-30)24(31)27-18-5-6-21-19(13-18)23(29-28-21)16-7-9-26-10-8-16/h1-10,13,22H,11-12,14-15H2,(H,27,31)(H,28,29)/t22-/m1/s1. The monoisotopic (exact) mass is 447 g/mol. The normalized spacial score (nSPS) is 16.8. The molecule has 6 nitrogen and oxygen atoms in total. The minimum Gasteiger partial charge on any atom is -0.325 e. The number of hydrogen-bond acceptors (Lipinski definition) is 5. The molecule has 162 valence electrons. The Labute approximate surface area is 189 Å². The fourth-order valence-electron chi connectivity index (χ4n) is 3.92. The Balaban J connectivity index is 1.29. The Morgan fingerprint density at radius 3 is 2.88 bits per heavy atom. The van der Waals surface area contributed by atoms with E-state index in [-0.39, 0.29) is 17.0 Å². The van der Waals surface area contributed by atoms with Gasteiger partial charge in [-0.15, -0.1) is 11.8 Å². The maximum atomic E-state index is 14.0. The molecule has 0 saturated carbocycles. The topological polar surface area (TPSA) is 73.9 Å². The van der Waals surface area contributed by atoms with Crippen molar-refractivity contribution in [2.24, 2.45) is 0 Å². The van der Waals surface area contributed by atoms with E-state index in [1.807, 2.05) is 36.4 Å². The molecule has 2 aromatic carbocycles. The lowest BCUT2D eigenvalue weighted by atomic mass is 10.1. The Morgan fingerprint density at radius 2 is 2.03 bits per heavy atom. The van der Waals surface area contributed by atoms with Crippen LogP contribution in [0.15, 0.2) is 67.0 Å². The summed E-state index contributed by atoms with van der Waals surface area (Å²) in [5.41, 5.74) is 4.07. The predicted octanol–water partition coefficient (Wildman–Crippen LogP) is 4.32. The first kappa shape index (κ1) is 20.7. The lowest BCUT2D eigenvalue weighted by molar-refractivity contribution is -0.116. The molecule has 4 aromatic rings. The van der Waals surface area contributed by atoms with Gasteiger partial charge in [-0.25, -0.2) is 4.39 Å². The zero-order valence-corrected chi connectivity index (χ0v) is 18.1. The molecule has 0 spiro atoms. The van der Waals surface area contributed by atoms with E-state index < -0.39 is 0 Å². The summed E-state index contributed by atoms with van der Waals surface area (Å²) < 4.78 is 14.0. The van der Waals surface area contributed by atoms with Crippen molar-refractivity contribution in [1.82, 2.24) is 20.1 Å². The number of carbonyl (C=O) groups is 1. The number of pyridine rings is 1. The Bertz CT molecular complexity index is 1250. The van der Waals surface area contributed by atoms with Crippen molar-refractivity contribution in [3.63, 3.8) is 0 Å². The van der Waals surface area contributed by atoms with Crippen LogP contribution in [-0.4, -0.2) is 50.1 Å². The van der Waals surface area contributed by atoms with Crippen molar-refractivity contribution in [3.8, 4) is 11.3 Å². The highest BCUT2D eigenvalue weighted by Gasteiger charge is 2.27. The van der Waals surface area contributed by atoms with Crippen molar-refractivity contribution >= 4 is 34.3 Å². The molecule has 1 aliphatic heterocycles. The smallest absolute Gasteiger partial charge is 0.238 e. The second-order valence-electron chi connectivity index (χ2n) is 7.74. The van der Waals surface area contributed by atoms with Gasteiger partial charge in [-0.05, 0) is 36.4 Å². The van der Waals surface area contributed by atoms with Gasteiger partial charge < -0.3 is 5.32 Å². The quantitative estimate of drug-likeness (QED) is 0.477. The maximum Gasteiger partial charge on any atom is 0.238 e. The van der Waals surface area contributed by atoms with E-state index in [9.17, 15) is 9.18 Å². The molecule has 0 radical (unpaired) electrons. The van der Waals surface area contributed by atoms with E-state index in [0.29, 0.717) is 18.7 Å². The fraction of sp³-hybridized carbons (Fsp3) is 0.208. The molecular formula is C24H22FN5OS. The van der Waals surface area contributed by atoms with E-state index in [4.69, 9.17) is 0 Å². The Hall–Kier alpha value is -3.23. The van der Waals surface area contributed by atoms with Crippen LogP contribution in [0.25, 0.3) is 22.2 Å². The van der Waals surface area contributed by atoms with E-state index >= 15 is 0 Å². The van der Waals surface area contributed by atoms with Crippen LogP contribution in [0.5, 0.6) is 0 Å². The van der Waals surface area contributed by atoms with Gasteiger partial charge in [0.05, 0.1) is 10.8 Å². The Kier molecular flexibility index (Phi) is 5.87. The van der Waals surface area contributed by atoms with E-state index in [1.54, 1.807) is 36.3 Å². The number of halogens is 1. The molecule has 1 fully saturated rings. The molecule has 0 bridgehead atoms. The summed E-state index contributed by atoms with van der Waals surface area (Å²) in [6, 6.07) is 16.4. The van der Waals surface area contributed by atoms with Crippen molar-refractivity contribution in [3.05, 3.63) is 78.4 Å². The number of nitrogens with zero attached hydrogens (tertiary/aromatic N) is 3. The molecule has 1 saturated heterocycles. The van der Waals surface area contributed by atoms with Crippen LogP contribution in [0.3, 0.4) is 0 Å². The van der Waals surface area contributed by atoms with Crippen LogP contribution in [-0.2, 0) is 11.3 Å². The number of hydrogen-bond donors (Lipinski definition) is 2. The third-order valence-electron chi connectivity index (χ3n) is 5.58. The van der Waals surface area contributed by atoms with Gasteiger partial charge in [0.25, 0.3) is 0 Å². The first-order valence-corrected chi connectivity index (χ1v) is 11.5. The summed E-state index contributed by atoms with van der Waals surface area (Å²) in [7, 11) is 0. The first-order chi connectivity index (χ1) is 15.7. The largest absolute Gasteiger partial charge is 0.325 e. The lowest BCUT2D eigenvalue weighted by Gasteiger charge is -2.31. The number of nitrogens with one attached hydrogen (secondary N) is 2. The summed E-state index contributed by atoms with van der Waals surface area (Å²) in [5, 5.41) is 11.2. The van der Waals surface area contributed by atoms with E-state index in [1.165, 1.54) is 6.07 Å². The number of H-pyrrole nitrogens is 1. The molecule has 0 unspecified atom stereocenters. The van der Waals surface area contributed by atoms with Crippen molar-refractivity contribution in [1.29, 1.82) is 0 Å². The molecule has 0 aliphatic carbocycles. The number of anilines is 1. The lowest BCUT2D eigenvalue weighted by Crippen LogP contribution is -2.43. The second kappa shape index (κ2) is 9.10. The van der Waals surface area contributed by atoms with Crippen LogP contribution in [0.4, 0.5) is 10.1 Å². The van der Waals surface area contributed by atoms with Gasteiger partial charge in [0.15, 0.2) is 0 Å². The molecule has 5 rings (SSSR count). The van der Waals surface area contributed by atoms with Crippen LogP contribution in [0.1, 0.15) is 5.56 Å². The van der Waals surface area contributed by atoms with Crippen molar-refractivity contribution in [2.45, 2.75) is 11.8 Å². The SMILES string of the molecule is O=C(Nc1ccc2[nH]nc(-c3ccncc3)c2c1)[C@H]1CN(Cc2ccccc2F)CCS1. The summed E-state index contributed by atoms with van der Waals surface area (Å²) in [6.07, 6.45) is 3.46. The van der Waals surface area contributed by atoms with Crippen LogP contribution in [0.2, 0.25) is 0 Å². The molecule has 8 heteroatoms. The molecular weight excluding hydrogens is 425 g/mol. The maximum absolute atomic E-state index is 14.0. The fourth-order valence-corrected chi connectivity index (χ4v) is 5.09. The predicted molar refractivity (Wildman–Crippen MR) is 126 cm³/mol. The third-order valence-corrected chi connectivity index (χ3v) is 6.76. The van der Waals surface area contributed by atoms with E-state index in [2.05, 4.69) is 25.4 Å². The third kappa shape index (κ3) is 4.37. The van der Waals surface area contributed by atoms with Crippen LogP contribution in [0, 0.1) is 5.82 Å². The minimum absolute atomic E-state index is 0.0402. The van der Waals surface area contributed by atoms with Gasteiger partial charge in [0.2, 0.25) is 5.91 Å². The van der Waals surface area contributed by atoms with Crippen molar-refractivity contribution in [2.75, 3.05) is 24.2 Å². The Morgan fingerprint density at radius 1 is 1.19 bits per heavy atom. The zero-order chi connectivity index (χ0) is 21.9.